The lowest BCUT2D eigenvalue weighted by molar-refractivity contribution is -0.124. The maximum absolute atomic E-state index is 13.4. The minimum Gasteiger partial charge on any atom is -0.355 e. The first-order chi connectivity index (χ1) is 8.16. The van der Waals surface area contributed by atoms with Crippen molar-refractivity contribution >= 4 is 17.5 Å². The second-order valence-electron chi connectivity index (χ2n) is 4.10. The third-order valence-electron chi connectivity index (χ3n) is 2.83. The molecule has 0 radical (unpaired) electrons. The molecular weight excluding hydrogens is 243 g/mol. The van der Waals surface area contributed by atoms with E-state index < -0.39 is 0 Å². The van der Waals surface area contributed by atoms with Crippen LogP contribution in [0.25, 0.3) is 0 Å². The van der Waals surface area contributed by atoms with Crippen LogP contribution in [0.3, 0.4) is 0 Å². The van der Waals surface area contributed by atoms with E-state index in [4.69, 9.17) is 11.6 Å². The average molecular weight is 257 g/mol. The molecule has 1 amide bonds. The highest BCUT2D eigenvalue weighted by atomic mass is 35.5. The molecule has 0 saturated carbocycles. The Bertz CT molecular complexity index is 425. The molecule has 0 spiro atoms. The summed E-state index contributed by atoms with van der Waals surface area (Å²) in [6.07, 6.45) is 1.73. The molecule has 2 N–H and O–H groups in total. The van der Waals surface area contributed by atoms with Crippen molar-refractivity contribution in [2.24, 2.45) is 0 Å². The number of carbonyl (C=O) groups is 1. The molecule has 3 nitrogen and oxygen atoms in total. The number of carbonyl (C=O) groups excluding carboxylic acids is 1. The van der Waals surface area contributed by atoms with Crippen LogP contribution in [0.15, 0.2) is 18.2 Å². The van der Waals surface area contributed by atoms with Crippen LogP contribution in [0.4, 0.5) is 4.39 Å². The van der Waals surface area contributed by atoms with Crippen molar-refractivity contribution in [3.8, 4) is 0 Å². The Morgan fingerprint density at radius 1 is 1.53 bits per heavy atom. The first kappa shape index (κ1) is 12.3. The normalized spacial score (nSPS) is 20.1. The fourth-order valence-electron chi connectivity index (χ4n) is 1.88. The Kier molecular flexibility index (Phi) is 3.97. The van der Waals surface area contributed by atoms with E-state index in [1.165, 1.54) is 12.1 Å². The fraction of sp³-hybridized carbons (Fsp3) is 0.417. The molecule has 1 aliphatic rings. The van der Waals surface area contributed by atoms with E-state index in [2.05, 4.69) is 10.6 Å². The summed E-state index contributed by atoms with van der Waals surface area (Å²) in [5, 5.41) is 6.31. The van der Waals surface area contributed by atoms with Crippen LogP contribution in [-0.4, -0.2) is 18.5 Å². The van der Waals surface area contributed by atoms with Crippen molar-refractivity contribution in [3.63, 3.8) is 0 Å². The van der Waals surface area contributed by atoms with Gasteiger partial charge in [-0.1, -0.05) is 11.6 Å². The van der Waals surface area contributed by atoms with E-state index in [9.17, 15) is 9.18 Å². The zero-order valence-electron chi connectivity index (χ0n) is 9.30. The molecule has 0 bridgehead atoms. The summed E-state index contributed by atoms with van der Waals surface area (Å²) < 4.78 is 13.4. The van der Waals surface area contributed by atoms with Crippen LogP contribution < -0.4 is 10.6 Å². The zero-order chi connectivity index (χ0) is 12.3. The maximum atomic E-state index is 13.4. The SMILES string of the molecule is O=C1NCCCC1NCc1cc(Cl)ccc1F. The summed E-state index contributed by atoms with van der Waals surface area (Å²) in [4.78, 5) is 11.5. The van der Waals surface area contributed by atoms with Gasteiger partial charge in [0.25, 0.3) is 0 Å². The van der Waals surface area contributed by atoms with Crippen LogP contribution in [-0.2, 0) is 11.3 Å². The predicted octanol–water partition coefficient (Wildman–Crippen LogP) is 1.85. The highest BCUT2D eigenvalue weighted by molar-refractivity contribution is 6.30. The van der Waals surface area contributed by atoms with Gasteiger partial charge in [-0.15, -0.1) is 0 Å². The summed E-state index contributed by atoms with van der Waals surface area (Å²) in [7, 11) is 0. The molecule has 0 aliphatic carbocycles. The van der Waals surface area contributed by atoms with Crippen molar-refractivity contribution < 1.29 is 9.18 Å². The van der Waals surface area contributed by atoms with Gasteiger partial charge in [0.15, 0.2) is 0 Å². The van der Waals surface area contributed by atoms with E-state index >= 15 is 0 Å². The third-order valence-corrected chi connectivity index (χ3v) is 3.07. The first-order valence-corrected chi connectivity index (χ1v) is 5.99. The highest BCUT2D eigenvalue weighted by Gasteiger charge is 2.21. The Hall–Kier alpha value is -1.13. The first-order valence-electron chi connectivity index (χ1n) is 5.62. The van der Waals surface area contributed by atoms with Gasteiger partial charge in [0, 0.05) is 23.7 Å². The van der Waals surface area contributed by atoms with Gasteiger partial charge in [0.2, 0.25) is 5.91 Å². The van der Waals surface area contributed by atoms with Gasteiger partial charge in [0.1, 0.15) is 5.82 Å². The van der Waals surface area contributed by atoms with E-state index in [1.807, 2.05) is 0 Å². The van der Waals surface area contributed by atoms with E-state index in [1.54, 1.807) is 6.07 Å². The van der Waals surface area contributed by atoms with Gasteiger partial charge in [-0.2, -0.15) is 0 Å². The second kappa shape index (κ2) is 5.47. The average Bonchev–Trinajstić information content (AvgIpc) is 2.32. The van der Waals surface area contributed by atoms with Crippen LogP contribution in [0.5, 0.6) is 0 Å². The molecular formula is C12H14ClFN2O. The summed E-state index contributed by atoms with van der Waals surface area (Å²) in [6, 6.07) is 4.18. The Balaban J connectivity index is 1.97. The minimum absolute atomic E-state index is 0.0151. The smallest absolute Gasteiger partial charge is 0.237 e. The molecule has 5 heteroatoms. The number of amides is 1. The molecule has 0 aromatic heterocycles. The Morgan fingerprint density at radius 2 is 2.35 bits per heavy atom. The Labute approximate surface area is 104 Å². The van der Waals surface area contributed by atoms with Crippen molar-refractivity contribution in [2.75, 3.05) is 6.54 Å². The topological polar surface area (TPSA) is 41.1 Å². The Morgan fingerprint density at radius 3 is 3.12 bits per heavy atom. The predicted molar refractivity (Wildman–Crippen MR) is 64.3 cm³/mol. The van der Waals surface area contributed by atoms with Crippen molar-refractivity contribution in [2.45, 2.75) is 25.4 Å². The molecule has 1 atom stereocenters. The monoisotopic (exact) mass is 256 g/mol. The minimum atomic E-state index is -0.307. The summed E-state index contributed by atoms with van der Waals surface area (Å²) in [5.74, 6) is -0.322. The maximum Gasteiger partial charge on any atom is 0.237 e. The number of nitrogens with one attached hydrogen (secondary N) is 2. The highest BCUT2D eigenvalue weighted by Crippen LogP contribution is 2.15. The van der Waals surface area contributed by atoms with Crippen LogP contribution >= 0.6 is 11.6 Å². The largest absolute Gasteiger partial charge is 0.355 e. The van der Waals surface area contributed by atoms with Crippen molar-refractivity contribution in [1.29, 1.82) is 0 Å². The van der Waals surface area contributed by atoms with Gasteiger partial charge >= 0.3 is 0 Å². The standard InChI is InChI=1S/C12H14ClFN2O/c13-9-3-4-10(14)8(6-9)7-16-11-2-1-5-15-12(11)17/h3-4,6,11,16H,1-2,5,7H2,(H,15,17). The quantitative estimate of drug-likeness (QED) is 0.867. The number of hydrogen-bond acceptors (Lipinski definition) is 2. The number of piperidine rings is 1. The van der Waals surface area contributed by atoms with E-state index in [0.717, 1.165) is 19.4 Å². The summed E-state index contributed by atoms with van der Waals surface area (Å²) >= 11 is 5.79. The third kappa shape index (κ3) is 3.17. The van der Waals surface area contributed by atoms with Gasteiger partial charge in [0.05, 0.1) is 6.04 Å². The second-order valence-corrected chi connectivity index (χ2v) is 4.54. The molecule has 1 aromatic rings. The van der Waals surface area contributed by atoms with Crippen LogP contribution in [0.1, 0.15) is 18.4 Å². The summed E-state index contributed by atoms with van der Waals surface area (Å²) in [6.45, 7) is 1.03. The number of halogens is 2. The molecule has 92 valence electrons. The fourth-order valence-corrected chi connectivity index (χ4v) is 2.07. The van der Waals surface area contributed by atoms with Gasteiger partial charge in [-0.25, -0.2) is 4.39 Å². The van der Waals surface area contributed by atoms with E-state index in [0.29, 0.717) is 17.1 Å². The molecule has 1 saturated heterocycles. The molecule has 1 fully saturated rings. The van der Waals surface area contributed by atoms with Crippen LogP contribution in [0, 0.1) is 5.82 Å². The summed E-state index contributed by atoms with van der Waals surface area (Å²) in [5.41, 5.74) is 0.482. The molecule has 2 rings (SSSR count). The molecule has 1 aliphatic heterocycles. The lowest BCUT2D eigenvalue weighted by Gasteiger charge is -2.23. The molecule has 1 unspecified atom stereocenters. The van der Waals surface area contributed by atoms with Crippen LogP contribution in [0.2, 0.25) is 5.02 Å². The molecule has 1 heterocycles. The lowest BCUT2D eigenvalue weighted by atomic mass is 10.1. The van der Waals surface area contributed by atoms with Gasteiger partial charge < -0.3 is 10.6 Å². The van der Waals surface area contributed by atoms with Gasteiger partial charge in [-0.05, 0) is 31.0 Å². The van der Waals surface area contributed by atoms with E-state index in [-0.39, 0.29) is 17.8 Å². The molecule has 17 heavy (non-hydrogen) atoms. The van der Waals surface area contributed by atoms with Crippen molar-refractivity contribution in [3.05, 3.63) is 34.6 Å². The molecule has 1 aromatic carbocycles. The van der Waals surface area contributed by atoms with Gasteiger partial charge in [-0.3, -0.25) is 4.79 Å². The lowest BCUT2D eigenvalue weighted by Crippen LogP contribution is -2.47. The zero-order valence-corrected chi connectivity index (χ0v) is 10.1. The van der Waals surface area contributed by atoms with Crippen molar-refractivity contribution in [1.82, 2.24) is 10.6 Å². The number of rotatable bonds is 3. The number of benzene rings is 1. The number of hydrogen-bond donors (Lipinski definition) is 2.